The summed E-state index contributed by atoms with van der Waals surface area (Å²) in [5.74, 6) is 1.71. The van der Waals surface area contributed by atoms with E-state index in [1.807, 2.05) is 4.90 Å². The number of benzene rings is 1. The Kier molecular flexibility index (Phi) is 3.34. The summed E-state index contributed by atoms with van der Waals surface area (Å²) < 4.78 is 0. The number of carbonyl (C=O) groups excluding carboxylic acids is 1. The number of nitrogens with one attached hydrogen (secondary N) is 2. The zero-order valence-corrected chi connectivity index (χ0v) is 12.3. The lowest BCUT2D eigenvalue weighted by Crippen LogP contribution is -2.56. The third kappa shape index (κ3) is 2.77. The average molecular weight is 285 g/mol. The van der Waals surface area contributed by atoms with E-state index in [1.54, 1.807) is 0 Å². The van der Waals surface area contributed by atoms with Crippen LogP contribution in [0.3, 0.4) is 0 Å². The van der Waals surface area contributed by atoms with Crippen molar-refractivity contribution in [3.63, 3.8) is 0 Å². The van der Waals surface area contributed by atoms with E-state index in [1.165, 1.54) is 24.0 Å². The zero-order valence-electron chi connectivity index (χ0n) is 12.3. The highest BCUT2D eigenvalue weighted by molar-refractivity contribution is 5.75. The Morgan fingerprint density at radius 1 is 1.19 bits per heavy atom. The van der Waals surface area contributed by atoms with Crippen molar-refractivity contribution in [1.29, 1.82) is 0 Å². The molecule has 1 aromatic rings. The van der Waals surface area contributed by atoms with Crippen LogP contribution in [0.4, 0.5) is 4.79 Å². The van der Waals surface area contributed by atoms with Gasteiger partial charge in [0.1, 0.15) is 0 Å². The van der Waals surface area contributed by atoms with E-state index in [4.69, 9.17) is 0 Å². The van der Waals surface area contributed by atoms with Gasteiger partial charge in [0.2, 0.25) is 0 Å². The van der Waals surface area contributed by atoms with Crippen molar-refractivity contribution in [2.24, 2.45) is 11.8 Å². The number of rotatable bonds is 3. The molecule has 2 heterocycles. The Hall–Kier alpha value is -1.55. The Balaban J connectivity index is 1.23. The van der Waals surface area contributed by atoms with Crippen LogP contribution in [-0.4, -0.2) is 36.6 Å². The van der Waals surface area contributed by atoms with Crippen LogP contribution >= 0.6 is 0 Å². The Morgan fingerprint density at radius 2 is 1.95 bits per heavy atom. The fraction of sp³-hybridized carbons (Fsp3) is 0.588. The molecule has 2 aliphatic heterocycles. The summed E-state index contributed by atoms with van der Waals surface area (Å²) in [6, 6.07) is 9.02. The molecule has 0 aromatic heterocycles. The topological polar surface area (TPSA) is 44.4 Å². The molecule has 1 aliphatic carbocycles. The first-order valence-electron chi connectivity index (χ1n) is 8.12. The Labute approximate surface area is 125 Å². The van der Waals surface area contributed by atoms with Gasteiger partial charge in [-0.05, 0) is 42.2 Å². The molecule has 1 unspecified atom stereocenters. The smallest absolute Gasteiger partial charge is 0.317 e. The Morgan fingerprint density at radius 3 is 2.71 bits per heavy atom. The van der Waals surface area contributed by atoms with Crippen molar-refractivity contribution >= 4 is 6.03 Å². The molecule has 4 nitrogen and oxygen atoms in total. The highest BCUT2D eigenvalue weighted by Crippen LogP contribution is 2.41. The zero-order chi connectivity index (χ0) is 14.2. The molecule has 0 bridgehead atoms. The number of carbonyl (C=O) groups is 1. The van der Waals surface area contributed by atoms with Crippen LogP contribution in [0, 0.1) is 11.8 Å². The maximum Gasteiger partial charge on any atom is 0.317 e. The van der Waals surface area contributed by atoms with Crippen LogP contribution < -0.4 is 10.6 Å². The van der Waals surface area contributed by atoms with Gasteiger partial charge in [-0.1, -0.05) is 24.3 Å². The van der Waals surface area contributed by atoms with Crippen molar-refractivity contribution in [3.05, 3.63) is 35.4 Å². The lowest BCUT2D eigenvalue weighted by atomic mass is 9.95. The van der Waals surface area contributed by atoms with Crippen LogP contribution in [0.1, 0.15) is 24.0 Å². The van der Waals surface area contributed by atoms with Crippen molar-refractivity contribution in [3.8, 4) is 0 Å². The summed E-state index contributed by atoms with van der Waals surface area (Å²) in [6.07, 6.45) is 3.76. The van der Waals surface area contributed by atoms with Gasteiger partial charge in [0.15, 0.2) is 0 Å². The molecule has 1 saturated carbocycles. The predicted molar refractivity (Wildman–Crippen MR) is 82.0 cm³/mol. The van der Waals surface area contributed by atoms with Crippen LogP contribution in [0.2, 0.25) is 0 Å². The molecule has 2 fully saturated rings. The third-order valence-electron chi connectivity index (χ3n) is 5.15. The largest absolute Gasteiger partial charge is 0.336 e. The van der Waals surface area contributed by atoms with E-state index in [0.29, 0.717) is 6.04 Å². The number of urea groups is 1. The van der Waals surface area contributed by atoms with Crippen LogP contribution in [-0.2, 0) is 13.0 Å². The molecule has 2 N–H and O–H groups in total. The number of likely N-dealkylation sites (tertiary alicyclic amines) is 1. The number of hydrogen-bond acceptors (Lipinski definition) is 2. The fourth-order valence-corrected chi connectivity index (χ4v) is 3.53. The maximum absolute atomic E-state index is 12.1. The van der Waals surface area contributed by atoms with Crippen molar-refractivity contribution in [1.82, 2.24) is 15.5 Å². The number of amides is 2. The molecule has 21 heavy (non-hydrogen) atoms. The van der Waals surface area contributed by atoms with Gasteiger partial charge in [-0.2, -0.15) is 0 Å². The van der Waals surface area contributed by atoms with E-state index >= 15 is 0 Å². The molecule has 1 saturated heterocycles. The van der Waals surface area contributed by atoms with Crippen molar-refractivity contribution in [2.75, 3.05) is 19.6 Å². The minimum Gasteiger partial charge on any atom is -0.336 e. The number of fused-ring (bicyclic) bond motifs is 1. The first-order valence-corrected chi connectivity index (χ1v) is 8.12. The van der Waals surface area contributed by atoms with Crippen molar-refractivity contribution in [2.45, 2.75) is 31.8 Å². The summed E-state index contributed by atoms with van der Waals surface area (Å²) in [5.41, 5.74) is 2.79. The molecular weight excluding hydrogens is 262 g/mol. The lowest BCUT2D eigenvalue weighted by Gasteiger charge is -2.39. The van der Waals surface area contributed by atoms with Crippen molar-refractivity contribution < 1.29 is 4.79 Å². The monoisotopic (exact) mass is 285 g/mol. The highest BCUT2D eigenvalue weighted by Gasteiger charge is 2.40. The molecule has 1 aromatic carbocycles. The number of hydrogen-bond donors (Lipinski definition) is 2. The van der Waals surface area contributed by atoms with Gasteiger partial charge in [0, 0.05) is 32.2 Å². The fourth-order valence-electron chi connectivity index (χ4n) is 3.53. The van der Waals surface area contributed by atoms with Gasteiger partial charge in [0.05, 0.1) is 0 Å². The molecule has 2 amide bonds. The normalized spacial score (nSPS) is 25.1. The molecule has 112 valence electrons. The SMILES string of the molecule is O=C(NCC1Cc2ccccc2CN1)N1CC(C2CC2)C1. The first kappa shape index (κ1) is 13.1. The molecule has 4 heteroatoms. The van der Waals surface area contributed by atoms with Gasteiger partial charge in [-0.25, -0.2) is 4.79 Å². The Bertz CT molecular complexity index is 535. The van der Waals surface area contributed by atoms with E-state index in [0.717, 1.165) is 44.4 Å². The minimum atomic E-state index is 0.118. The standard InChI is InChI=1S/C17H23N3O/c21-17(20-10-15(11-20)12-5-6-12)19-9-16-7-13-3-1-2-4-14(13)8-18-16/h1-4,12,15-16,18H,5-11H2,(H,19,21). The van der Waals surface area contributed by atoms with E-state index in [-0.39, 0.29) is 6.03 Å². The van der Waals surface area contributed by atoms with Gasteiger partial charge in [-0.3, -0.25) is 0 Å². The maximum atomic E-state index is 12.1. The van der Waals surface area contributed by atoms with Gasteiger partial charge in [-0.15, -0.1) is 0 Å². The predicted octanol–water partition coefficient (Wildman–Crippen LogP) is 1.75. The van der Waals surface area contributed by atoms with Crippen LogP contribution in [0.15, 0.2) is 24.3 Å². The molecule has 0 radical (unpaired) electrons. The molecule has 0 spiro atoms. The summed E-state index contributed by atoms with van der Waals surface area (Å²) in [6.45, 7) is 3.57. The summed E-state index contributed by atoms with van der Waals surface area (Å²) in [4.78, 5) is 14.0. The quantitative estimate of drug-likeness (QED) is 0.888. The highest BCUT2D eigenvalue weighted by atomic mass is 16.2. The second-order valence-electron chi connectivity index (χ2n) is 6.74. The molecular formula is C17H23N3O. The van der Waals surface area contributed by atoms with E-state index in [9.17, 15) is 4.79 Å². The molecule has 4 rings (SSSR count). The first-order chi connectivity index (χ1) is 10.3. The minimum absolute atomic E-state index is 0.118. The van der Waals surface area contributed by atoms with Gasteiger partial charge in [0.25, 0.3) is 0 Å². The average Bonchev–Trinajstić information content (AvgIpc) is 3.28. The van der Waals surface area contributed by atoms with E-state index in [2.05, 4.69) is 34.9 Å². The summed E-state index contributed by atoms with van der Waals surface area (Å²) in [7, 11) is 0. The third-order valence-corrected chi connectivity index (χ3v) is 5.15. The summed E-state index contributed by atoms with van der Waals surface area (Å²) in [5, 5.41) is 6.60. The summed E-state index contributed by atoms with van der Waals surface area (Å²) >= 11 is 0. The van der Waals surface area contributed by atoms with Gasteiger partial charge < -0.3 is 15.5 Å². The molecule has 1 atom stereocenters. The molecule has 3 aliphatic rings. The second kappa shape index (κ2) is 5.34. The second-order valence-corrected chi connectivity index (χ2v) is 6.74. The lowest BCUT2D eigenvalue weighted by molar-refractivity contribution is 0.108. The van der Waals surface area contributed by atoms with Gasteiger partial charge >= 0.3 is 6.03 Å². The van der Waals surface area contributed by atoms with Crippen LogP contribution in [0.5, 0.6) is 0 Å². The van der Waals surface area contributed by atoms with E-state index < -0.39 is 0 Å². The number of nitrogens with zero attached hydrogens (tertiary/aromatic N) is 1. The van der Waals surface area contributed by atoms with Crippen LogP contribution in [0.25, 0.3) is 0 Å².